The molecule has 0 unspecified atom stereocenters. The van der Waals surface area contributed by atoms with E-state index in [-0.39, 0.29) is 18.0 Å². The molecule has 1 amide bonds. The van der Waals surface area contributed by atoms with Crippen LogP contribution >= 0.6 is 0 Å². The van der Waals surface area contributed by atoms with Gasteiger partial charge in [0.15, 0.2) is 0 Å². The zero-order valence-electron chi connectivity index (χ0n) is 10.8. The smallest absolute Gasteiger partial charge is 0.234 e. The highest BCUT2D eigenvalue weighted by Crippen LogP contribution is 2.22. The van der Waals surface area contributed by atoms with Crippen LogP contribution in [0.4, 0.5) is 0 Å². The molecule has 0 aliphatic carbocycles. The number of aromatic nitrogens is 1. The van der Waals surface area contributed by atoms with Crippen LogP contribution in [0.1, 0.15) is 19.4 Å². The molecule has 0 aliphatic rings. The highest BCUT2D eigenvalue weighted by molar-refractivity contribution is 5.83. The topological polar surface area (TPSA) is 70.9 Å². The summed E-state index contributed by atoms with van der Waals surface area (Å²) in [6, 6.07) is 8.15. The van der Waals surface area contributed by atoms with Crippen molar-refractivity contribution in [2.75, 3.05) is 6.54 Å². The maximum Gasteiger partial charge on any atom is 0.234 e. The summed E-state index contributed by atoms with van der Waals surface area (Å²) in [5.74, 6) is -0.125. The number of carbonyl (C=O) groups excluding carboxylic acids is 1. The van der Waals surface area contributed by atoms with Crippen molar-refractivity contribution in [2.45, 2.75) is 25.8 Å². The number of aromatic amines is 1. The van der Waals surface area contributed by atoms with E-state index in [1.54, 1.807) is 0 Å². The zero-order chi connectivity index (χ0) is 13.2. The number of benzene rings is 1. The highest BCUT2D eigenvalue weighted by atomic mass is 16.1. The van der Waals surface area contributed by atoms with Gasteiger partial charge in [0.05, 0.1) is 6.54 Å². The zero-order valence-corrected chi connectivity index (χ0v) is 10.8. The maximum atomic E-state index is 11.4. The van der Waals surface area contributed by atoms with E-state index in [0.717, 1.165) is 11.9 Å². The van der Waals surface area contributed by atoms with Gasteiger partial charge in [-0.3, -0.25) is 4.79 Å². The van der Waals surface area contributed by atoms with E-state index in [4.69, 9.17) is 5.73 Å². The Bertz CT molecular complexity index is 557. The Morgan fingerprint density at radius 3 is 2.83 bits per heavy atom. The molecule has 0 saturated carbocycles. The molecular formula is C14H19N3O. The molecule has 2 aromatic rings. The molecule has 96 valence electrons. The average Bonchev–Trinajstić information content (AvgIpc) is 2.71. The van der Waals surface area contributed by atoms with Crippen LogP contribution in [0.2, 0.25) is 0 Å². The summed E-state index contributed by atoms with van der Waals surface area (Å²) in [7, 11) is 0. The van der Waals surface area contributed by atoms with Gasteiger partial charge in [-0.15, -0.1) is 0 Å². The van der Waals surface area contributed by atoms with Gasteiger partial charge in [-0.1, -0.05) is 18.2 Å². The van der Waals surface area contributed by atoms with Crippen LogP contribution in [0.5, 0.6) is 0 Å². The van der Waals surface area contributed by atoms with E-state index >= 15 is 0 Å². The molecule has 1 heterocycles. The molecule has 2 rings (SSSR count). The predicted molar refractivity (Wildman–Crippen MR) is 73.3 cm³/mol. The second-order valence-corrected chi connectivity index (χ2v) is 5.17. The van der Waals surface area contributed by atoms with Gasteiger partial charge in [-0.25, -0.2) is 0 Å². The van der Waals surface area contributed by atoms with Gasteiger partial charge < -0.3 is 16.0 Å². The fourth-order valence-corrected chi connectivity index (χ4v) is 2.23. The summed E-state index contributed by atoms with van der Waals surface area (Å²) in [5, 5.41) is 4.13. The summed E-state index contributed by atoms with van der Waals surface area (Å²) in [5.41, 5.74) is 7.34. The second-order valence-electron chi connectivity index (χ2n) is 5.17. The van der Waals surface area contributed by atoms with E-state index in [1.165, 1.54) is 10.9 Å². The SMILES string of the molecule is CC(C)(Cc1c[nH]c2ccccc12)NC(=O)CN. The van der Waals surface area contributed by atoms with Gasteiger partial charge in [0.1, 0.15) is 0 Å². The van der Waals surface area contributed by atoms with Crippen molar-refractivity contribution in [1.29, 1.82) is 0 Å². The van der Waals surface area contributed by atoms with Crippen molar-refractivity contribution in [3.05, 3.63) is 36.0 Å². The number of para-hydroxylation sites is 1. The number of hydrogen-bond donors (Lipinski definition) is 3. The number of nitrogens with two attached hydrogens (primary N) is 1. The van der Waals surface area contributed by atoms with Gasteiger partial charge in [0.25, 0.3) is 0 Å². The molecule has 1 aromatic heterocycles. The average molecular weight is 245 g/mol. The van der Waals surface area contributed by atoms with Crippen LogP contribution in [0.3, 0.4) is 0 Å². The summed E-state index contributed by atoms with van der Waals surface area (Å²) >= 11 is 0. The van der Waals surface area contributed by atoms with Crippen molar-refractivity contribution in [3.8, 4) is 0 Å². The lowest BCUT2D eigenvalue weighted by Crippen LogP contribution is -2.47. The lowest BCUT2D eigenvalue weighted by molar-refractivity contribution is -0.121. The van der Waals surface area contributed by atoms with Crippen LogP contribution in [0.15, 0.2) is 30.5 Å². The first-order chi connectivity index (χ1) is 8.52. The van der Waals surface area contributed by atoms with Gasteiger partial charge in [-0.2, -0.15) is 0 Å². The number of rotatable bonds is 4. The van der Waals surface area contributed by atoms with Gasteiger partial charge in [-0.05, 0) is 31.9 Å². The number of fused-ring (bicyclic) bond motifs is 1. The molecule has 1 aromatic carbocycles. The molecular weight excluding hydrogens is 226 g/mol. The minimum Gasteiger partial charge on any atom is -0.361 e. The van der Waals surface area contributed by atoms with E-state index in [9.17, 15) is 4.79 Å². The number of carbonyl (C=O) groups is 1. The summed E-state index contributed by atoms with van der Waals surface area (Å²) < 4.78 is 0. The van der Waals surface area contributed by atoms with Crippen molar-refractivity contribution >= 4 is 16.8 Å². The molecule has 0 saturated heterocycles. The minimum absolute atomic E-state index is 0.0251. The molecule has 0 bridgehead atoms. The van der Waals surface area contributed by atoms with Crippen molar-refractivity contribution in [2.24, 2.45) is 5.73 Å². The minimum atomic E-state index is -0.304. The van der Waals surface area contributed by atoms with E-state index < -0.39 is 0 Å². The molecule has 0 aliphatic heterocycles. The Kier molecular flexibility index (Phi) is 3.39. The van der Waals surface area contributed by atoms with Crippen LogP contribution in [0, 0.1) is 0 Å². The van der Waals surface area contributed by atoms with Crippen LogP contribution in [0.25, 0.3) is 10.9 Å². The van der Waals surface area contributed by atoms with Gasteiger partial charge in [0, 0.05) is 22.6 Å². The third-order valence-corrected chi connectivity index (χ3v) is 2.97. The number of H-pyrrole nitrogens is 1. The second kappa shape index (κ2) is 4.82. The van der Waals surface area contributed by atoms with Crippen LogP contribution < -0.4 is 11.1 Å². The Balaban J connectivity index is 2.20. The molecule has 0 fully saturated rings. The summed E-state index contributed by atoms with van der Waals surface area (Å²) in [6.45, 7) is 4.03. The first-order valence-corrected chi connectivity index (χ1v) is 6.08. The predicted octanol–water partition coefficient (Wildman–Crippen LogP) is 1.56. The molecule has 18 heavy (non-hydrogen) atoms. The number of nitrogens with one attached hydrogen (secondary N) is 2. The number of amides is 1. The van der Waals surface area contributed by atoms with E-state index in [0.29, 0.717) is 0 Å². The molecule has 0 spiro atoms. The third kappa shape index (κ3) is 2.71. The molecule has 4 N–H and O–H groups in total. The fourth-order valence-electron chi connectivity index (χ4n) is 2.23. The summed E-state index contributed by atoms with van der Waals surface area (Å²) in [6.07, 6.45) is 2.77. The maximum absolute atomic E-state index is 11.4. The molecule has 4 heteroatoms. The van der Waals surface area contributed by atoms with Crippen LogP contribution in [-0.2, 0) is 11.2 Å². The molecule has 0 atom stereocenters. The van der Waals surface area contributed by atoms with E-state index in [1.807, 2.05) is 38.2 Å². The highest BCUT2D eigenvalue weighted by Gasteiger charge is 2.21. The Morgan fingerprint density at radius 1 is 1.39 bits per heavy atom. The standard InChI is InChI=1S/C14H19N3O/c1-14(2,17-13(18)8-15)7-10-9-16-12-6-4-3-5-11(10)12/h3-6,9,16H,7-8,15H2,1-2H3,(H,17,18). The van der Waals surface area contributed by atoms with Crippen molar-refractivity contribution < 1.29 is 4.79 Å². The molecule has 0 radical (unpaired) electrons. The Labute approximate surface area is 107 Å². The van der Waals surface area contributed by atoms with Crippen molar-refractivity contribution in [3.63, 3.8) is 0 Å². The number of hydrogen-bond acceptors (Lipinski definition) is 2. The van der Waals surface area contributed by atoms with Crippen molar-refractivity contribution in [1.82, 2.24) is 10.3 Å². The Morgan fingerprint density at radius 2 is 2.11 bits per heavy atom. The van der Waals surface area contributed by atoms with Gasteiger partial charge >= 0.3 is 0 Å². The first-order valence-electron chi connectivity index (χ1n) is 6.08. The lowest BCUT2D eigenvalue weighted by Gasteiger charge is -2.25. The van der Waals surface area contributed by atoms with Gasteiger partial charge in [0.2, 0.25) is 5.91 Å². The largest absolute Gasteiger partial charge is 0.361 e. The third-order valence-electron chi connectivity index (χ3n) is 2.97. The summed E-state index contributed by atoms with van der Waals surface area (Å²) in [4.78, 5) is 14.6. The molecule has 4 nitrogen and oxygen atoms in total. The normalized spacial score (nSPS) is 11.7. The Hall–Kier alpha value is -1.81. The van der Waals surface area contributed by atoms with E-state index in [2.05, 4.69) is 16.4 Å². The monoisotopic (exact) mass is 245 g/mol. The lowest BCUT2D eigenvalue weighted by atomic mass is 9.94. The first kappa shape index (κ1) is 12.6. The fraction of sp³-hybridized carbons (Fsp3) is 0.357. The quantitative estimate of drug-likeness (QED) is 0.765. The van der Waals surface area contributed by atoms with Crippen LogP contribution in [-0.4, -0.2) is 23.0 Å².